The molecule has 0 fully saturated rings. The minimum atomic E-state index is -3.64. The van der Waals surface area contributed by atoms with E-state index in [4.69, 9.17) is 0 Å². The van der Waals surface area contributed by atoms with Crippen molar-refractivity contribution in [1.82, 2.24) is 5.32 Å². The highest BCUT2D eigenvalue weighted by molar-refractivity contribution is 7.92. The monoisotopic (exact) mass is 416 g/mol. The summed E-state index contributed by atoms with van der Waals surface area (Å²) in [6.07, 6.45) is 1.90. The van der Waals surface area contributed by atoms with Crippen LogP contribution in [-0.4, -0.2) is 26.6 Å². The van der Waals surface area contributed by atoms with Crippen molar-refractivity contribution < 1.29 is 13.2 Å². The van der Waals surface area contributed by atoms with Gasteiger partial charge in [-0.25, -0.2) is 8.42 Å². The summed E-state index contributed by atoms with van der Waals surface area (Å²) in [7, 11) is -3.64. The molecule has 2 aromatic carbocycles. The van der Waals surface area contributed by atoms with E-state index in [2.05, 4.69) is 19.2 Å². The lowest BCUT2D eigenvalue weighted by atomic mass is 9.96. The maximum atomic E-state index is 13.1. The molecule has 158 valence electrons. The van der Waals surface area contributed by atoms with Gasteiger partial charge in [-0.05, 0) is 61.9 Å². The summed E-state index contributed by atoms with van der Waals surface area (Å²) in [5.74, 6) is 0.0599. The van der Waals surface area contributed by atoms with E-state index in [0.717, 1.165) is 29.4 Å². The van der Waals surface area contributed by atoms with Crippen LogP contribution in [-0.2, 0) is 14.8 Å². The van der Waals surface area contributed by atoms with Gasteiger partial charge in [0, 0.05) is 0 Å². The fourth-order valence-corrected chi connectivity index (χ4v) is 4.57. The van der Waals surface area contributed by atoms with E-state index >= 15 is 0 Å². The van der Waals surface area contributed by atoms with Crippen LogP contribution in [0.1, 0.15) is 49.9 Å². The molecular weight excluding hydrogens is 384 g/mol. The lowest BCUT2D eigenvalue weighted by molar-refractivity contribution is -0.122. The van der Waals surface area contributed by atoms with Gasteiger partial charge < -0.3 is 5.32 Å². The lowest BCUT2D eigenvalue weighted by Crippen LogP contribution is -2.48. The summed E-state index contributed by atoms with van der Waals surface area (Å²) >= 11 is 0. The molecule has 0 unspecified atom stereocenters. The highest BCUT2D eigenvalue weighted by atomic mass is 32.2. The lowest BCUT2D eigenvalue weighted by Gasteiger charge is -2.30. The van der Waals surface area contributed by atoms with Gasteiger partial charge in [0.1, 0.15) is 6.04 Å². The van der Waals surface area contributed by atoms with Crippen molar-refractivity contribution in [3.05, 3.63) is 65.2 Å². The molecule has 2 atom stereocenters. The van der Waals surface area contributed by atoms with Crippen LogP contribution in [0.25, 0.3) is 0 Å². The predicted octanol–water partition coefficient (Wildman–Crippen LogP) is 4.36. The Morgan fingerprint density at radius 2 is 1.62 bits per heavy atom. The summed E-state index contributed by atoms with van der Waals surface area (Å²) in [5.41, 5.74) is 3.56. The summed E-state index contributed by atoms with van der Waals surface area (Å²) in [5, 5.41) is 3.07. The van der Waals surface area contributed by atoms with E-state index in [-0.39, 0.29) is 11.9 Å². The second-order valence-electron chi connectivity index (χ2n) is 8.10. The average Bonchev–Trinajstić information content (AvgIpc) is 2.63. The number of amides is 1. The second-order valence-corrected chi connectivity index (χ2v) is 9.96. The molecule has 1 amide bonds. The molecular formula is C23H32N2O3S. The van der Waals surface area contributed by atoms with Gasteiger partial charge in [0.25, 0.3) is 0 Å². The fourth-order valence-electron chi connectivity index (χ4n) is 3.40. The Labute approximate surface area is 175 Å². The maximum absolute atomic E-state index is 13.1. The molecule has 1 N–H and O–H groups in total. The van der Waals surface area contributed by atoms with Crippen molar-refractivity contribution in [2.45, 2.75) is 53.1 Å². The Morgan fingerprint density at radius 1 is 1.00 bits per heavy atom. The highest BCUT2D eigenvalue weighted by Gasteiger charge is 2.30. The van der Waals surface area contributed by atoms with E-state index < -0.39 is 16.1 Å². The summed E-state index contributed by atoms with van der Waals surface area (Å²) in [6.45, 7) is 9.73. The molecule has 0 aromatic heterocycles. The van der Waals surface area contributed by atoms with Crippen molar-refractivity contribution in [2.24, 2.45) is 5.92 Å². The summed E-state index contributed by atoms with van der Waals surface area (Å²) in [4.78, 5) is 13.1. The smallest absolute Gasteiger partial charge is 0.244 e. The van der Waals surface area contributed by atoms with Crippen LogP contribution in [0.4, 0.5) is 5.69 Å². The predicted molar refractivity (Wildman–Crippen MR) is 119 cm³/mol. The summed E-state index contributed by atoms with van der Waals surface area (Å²) in [6, 6.07) is 14.2. The van der Waals surface area contributed by atoms with Gasteiger partial charge in [-0.1, -0.05) is 50.2 Å². The Morgan fingerprint density at radius 3 is 2.14 bits per heavy atom. The van der Waals surface area contributed by atoms with Crippen LogP contribution in [0.15, 0.2) is 48.5 Å². The summed E-state index contributed by atoms with van der Waals surface area (Å²) < 4.78 is 26.3. The molecule has 2 aromatic rings. The van der Waals surface area contributed by atoms with Gasteiger partial charge in [-0.15, -0.1) is 0 Å². The van der Waals surface area contributed by atoms with E-state index in [9.17, 15) is 13.2 Å². The first-order valence-corrected chi connectivity index (χ1v) is 11.8. The number of nitrogens with one attached hydrogen (secondary N) is 1. The number of anilines is 1. The molecule has 5 nitrogen and oxygen atoms in total. The third kappa shape index (κ3) is 6.07. The molecule has 0 aliphatic rings. The van der Waals surface area contributed by atoms with E-state index in [1.807, 2.05) is 56.3 Å². The van der Waals surface area contributed by atoms with Gasteiger partial charge in [-0.2, -0.15) is 0 Å². The first kappa shape index (κ1) is 22.9. The number of rotatable bonds is 8. The average molecular weight is 417 g/mol. The van der Waals surface area contributed by atoms with Crippen LogP contribution >= 0.6 is 0 Å². The Bertz CT molecular complexity index is 940. The number of carbonyl (C=O) groups excluding carboxylic acids is 1. The molecule has 2 rings (SSSR count). The van der Waals surface area contributed by atoms with Crippen LogP contribution in [0, 0.1) is 19.8 Å². The maximum Gasteiger partial charge on any atom is 0.244 e. The largest absolute Gasteiger partial charge is 0.347 e. The molecule has 6 heteroatoms. The molecule has 0 bridgehead atoms. The van der Waals surface area contributed by atoms with Crippen LogP contribution in [0.2, 0.25) is 0 Å². The van der Waals surface area contributed by atoms with Gasteiger partial charge in [0.15, 0.2) is 0 Å². The van der Waals surface area contributed by atoms with E-state index in [1.165, 1.54) is 4.31 Å². The van der Waals surface area contributed by atoms with Gasteiger partial charge in [0.2, 0.25) is 15.9 Å². The zero-order chi connectivity index (χ0) is 21.8. The molecule has 0 aliphatic carbocycles. The van der Waals surface area contributed by atoms with Gasteiger partial charge >= 0.3 is 0 Å². The van der Waals surface area contributed by atoms with Gasteiger partial charge in [0.05, 0.1) is 18.0 Å². The van der Waals surface area contributed by atoms with E-state index in [1.54, 1.807) is 13.0 Å². The van der Waals surface area contributed by atoms with E-state index in [0.29, 0.717) is 11.6 Å². The molecule has 0 saturated carbocycles. The molecule has 0 spiro atoms. The molecule has 0 saturated heterocycles. The molecule has 0 heterocycles. The number of benzene rings is 2. The molecule has 0 aliphatic heterocycles. The van der Waals surface area contributed by atoms with Crippen molar-refractivity contribution in [3.63, 3.8) is 0 Å². The number of nitrogens with zero attached hydrogens (tertiary/aromatic N) is 1. The van der Waals surface area contributed by atoms with Crippen molar-refractivity contribution >= 4 is 21.6 Å². The minimum Gasteiger partial charge on any atom is -0.347 e. The Hall–Kier alpha value is -2.34. The number of aryl methyl sites for hydroxylation is 2. The van der Waals surface area contributed by atoms with Crippen LogP contribution < -0.4 is 9.62 Å². The third-order valence-corrected chi connectivity index (χ3v) is 6.30. The highest BCUT2D eigenvalue weighted by Crippen LogP contribution is 2.25. The zero-order valence-corrected chi connectivity index (χ0v) is 19.0. The van der Waals surface area contributed by atoms with Crippen LogP contribution in [0.3, 0.4) is 0 Å². The molecule has 0 radical (unpaired) electrons. The fraction of sp³-hybridized carbons (Fsp3) is 0.435. The van der Waals surface area contributed by atoms with Crippen molar-refractivity contribution in [2.75, 3.05) is 10.6 Å². The Kier molecular flexibility index (Phi) is 7.47. The third-order valence-electron chi connectivity index (χ3n) is 5.06. The normalized spacial score (nSPS) is 13.8. The van der Waals surface area contributed by atoms with Crippen molar-refractivity contribution in [3.8, 4) is 0 Å². The number of sulfonamides is 1. The SMILES string of the molecule is Cc1ccc(N([C@H](C)C(=O)N[C@@H](CC(C)C)c2ccccc2)S(C)(=O)=O)cc1C. The zero-order valence-electron chi connectivity index (χ0n) is 18.1. The number of hydrogen-bond donors (Lipinski definition) is 1. The topological polar surface area (TPSA) is 66.5 Å². The number of carbonyl (C=O) groups is 1. The minimum absolute atomic E-state index is 0.174. The molecule has 29 heavy (non-hydrogen) atoms. The van der Waals surface area contributed by atoms with Crippen molar-refractivity contribution in [1.29, 1.82) is 0 Å². The standard InChI is InChI=1S/C23H32N2O3S/c1-16(2)14-22(20-10-8-7-9-11-20)24-23(26)19(5)25(29(6,27)28)21-13-12-17(3)18(4)15-21/h7-13,15-16,19,22H,14H2,1-6H3,(H,24,26)/t19-,22+/m1/s1. The second kappa shape index (κ2) is 9.44. The van der Waals surface area contributed by atoms with Gasteiger partial charge in [-0.3, -0.25) is 9.10 Å². The first-order valence-electron chi connectivity index (χ1n) is 9.92. The first-order chi connectivity index (χ1) is 13.5. The van der Waals surface area contributed by atoms with Crippen LogP contribution in [0.5, 0.6) is 0 Å². The number of hydrogen-bond acceptors (Lipinski definition) is 3. The quantitative estimate of drug-likeness (QED) is 0.695. The Balaban J connectivity index is 2.33.